The number of carbonyl (C=O) groups is 1. The van der Waals surface area contributed by atoms with E-state index in [1.807, 2.05) is 30.3 Å². The molecule has 0 unspecified atom stereocenters. The van der Waals surface area contributed by atoms with Crippen LogP contribution in [0.15, 0.2) is 59.3 Å². The molecule has 0 saturated heterocycles. The van der Waals surface area contributed by atoms with Gasteiger partial charge in [-0.3, -0.25) is 4.79 Å². The van der Waals surface area contributed by atoms with E-state index in [1.54, 1.807) is 12.1 Å². The SMILES string of the molecule is O=C(N[C@H]1CCOc2c(F)cccc21)c1ncoc1-c1ccccc1. The first-order valence-corrected chi connectivity index (χ1v) is 7.95. The smallest absolute Gasteiger partial charge is 0.274 e. The number of rotatable bonds is 3. The van der Waals surface area contributed by atoms with Gasteiger partial charge in [-0.05, 0) is 6.07 Å². The van der Waals surface area contributed by atoms with Crippen molar-refractivity contribution >= 4 is 5.91 Å². The maximum Gasteiger partial charge on any atom is 0.274 e. The Morgan fingerprint density at radius 2 is 2.00 bits per heavy atom. The van der Waals surface area contributed by atoms with Gasteiger partial charge in [0.1, 0.15) is 0 Å². The molecule has 0 saturated carbocycles. The van der Waals surface area contributed by atoms with Crippen molar-refractivity contribution in [1.29, 1.82) is 0 Å². The lowest BCUT2D eigenvalue weighted by Gasteiger charge is -2.26. The number of halogens is 1. The number of oxazole rings is 1. The Kier molecular flexibility index (Phi) is 3.93. The van der Waals surface area contributed by atoms with Crippen molar-refractivity contribution in [3.05, 3.63) is 72.0 Å². The summed E-state index contributed by atoms with van der Waals surface area (Å²) in [7, 11) is 0. The van der Waals surface area contributed by atoms with Gasteiger partial charge in [-0.15, -0.1) is 0 Å². The predicted octanol–water partition coefficient (Wildman–Crippen LogP) is 3.73. The maximum atomic E-state index is 13.9. The molecule has 0 bridgehead atoms. The second-order valence-corrected chi connectivity index (χ2v) is 5.72. The fraction of sp³-hybridized carbons (Fsp3) is 0.158. The minimum Gasteiger partial charge on any atom is -0.490 e. The molecule has 1 atom stereocenters. The average Bonchev–Trinajstić information content (AvgIpc) is 3.13. The van der Waals surface area contributed by atoms with Crippen LogP contribution in [0.3, 0.4) is 0 Å². The number of aromatic nitrogens is 1. The summed E-state index contributed by atoms with van der Waals surface area (Å²) in [6.07, 6.45) is 1.80. The number of hydrogen-bond donors (Lipinski definition) is 1. The van der Waals surface area contributed by atoms with Crippen LogP contribution in [0.4, 0.5) is 4.39 Å². The van der Waals surface area contributed by atoms with Crippen LogP contribution in [-0.2, 0) is 0 Å². The van der Waals surface area contributed by atoms with Gasteiger partial charge >= 0.3 is 0 Å². The first-order valence-electron chi connectivity index (χ1n) is 7.95. The molecule has 126 valence electrons. The second-order valence-electron chi connectivity index (χ2n) is 5.72. The molecule has 2 heterocycles. The summed E-state index contributed by atoms with van der Waals surface area (Å²) in [6.45, 7) is 0.337. The molecule has 4 rings (SSSR count). The van der Waals surface area contributed by atoms with Crippen LogP contribution in [0.25, 0.3) is 11.3 Å². The number of carbonyl (C=O) groups excluding carboxylic acids is 1. The topological polar surface area (TPSA) is 64.4 Å². The molecule has 0 fully saturated rings. The van der Waals surface area contributed by atoms with Crippen LogP contribution in [0.1, 0.15) is 28.5 Å². The summed E-state index contributed by atoms with van der Waals surface area (Å²) in [5.74, 6) is -0.190. The number of amides is 1. The molecule has 3 aromatic rings. The number of hydrogen-bond acceptors (Lipinski definition) is 4. The van der Waals surface area contributed by atoms with E-state index in [9.17, 15) is 9.18 Å². The van der Waals surface area contributed by atoms with E-state index in [2.05, 4.69) is 10.3 Å². The predicted molar refractivity (Wildman–Crippen MR) is 88.7 cm³/mol. The van der Waals surface area contributed by atoms with Gasteiger partial charge in [0.15, 0.2) is 29.4 Å². The van der Waals surface area contributed by atoms with Gasteiger partial charge in [-0.2, -0.15) is 0 Å². The summed E-state index contributed by atoms with van der Waals surface area (Å²) in [5.41, 5.74) is 1.60. The minimum atomic E-state index is -0.428. The Labute approximate surface area is 143 Å². The molecule has 6 heteroatoms. The van der Waals surface area contributed by atoms with Crippen molar-refractivity contribution in [2.75, 3.05) is 6.61 Å². The van der Waals surface area contributed by atoms with E-state index >= 15 is 0 Å². The van der Waals surface area contributed by atoms with Gasteiger partial charge in [0, 0.05) is 17.5 Å². The largest absolute Gasteiger partial charge is 0.490 e. The molecule has 1 N–H and O–H groups in total. The molecule has 0 radical (unpaired) electrons. The lowest BCUT2D eigenvalue weighted by atomic mass is 10.00. The van der Waals surface area contributed by atoms with E-state index in [4.69, 9.17) is 9.15 Å². The highest BCUT2D eigenvalue weighted by atomic mass is 19.1. The zero-order valence-corrected chi connectivity index (χ0v) is 13.2. The lowest BCUT2D eigenvalue weighted by molar-refractivity contribution is 0.0919. The maximum absolute atomic E-state index is 13.9. The number of nitrogens with zero attached hydrogens (tertiary/aromatic N) is 1. The van der Waals surface area contributed by atoms with Crippen molar-refractivity contribution in [1.82, 2.24) is 10.3 Å². The molecule has 25 heavy (non-hydrogen) atoms. The molecule has 0 spiro atoms. The van der Waals surface area contributed by atoms with Gasteiger partial charge < -0.3 is 14.5 Å². The van der Waals surface area contributed by atoms with E-state index in [0.29, 0.717) is 24.4 Å². The number of nitrogens with one attached hydrogen (secondary N) is 1. The highest BCUT2D eigenvalue weighted by molar-refractivity contribution is 5.97. The first kappa shape index (κ1) is 15.4. The van der Waals surface area contributed by atoms with Crippen LogP contribution in [0, 0.1) is 5.82 Å². The Hall–Kier alpha value is -3.15. The second kappa shape index (κ2) is 6.39. The zero-order valence-electron chi connectivity index (χ0n) is 13.2. The molecule has 1 aromatic heterocycles. The van der Waals surface area contributed by atoms with Crippen LogP contribution >= 0.6 is 0 Å². The van der Waals surface area contributed by atoms with Gasteiger partial charge in [0.05, 0.1) is 12.6 Å². The fourth-order valence-electron chi connectivity index (χ4n) is 2.97. The highest BCUT2D eigenvalue weighted by Crippen LogP contribution is 2.34. The number of fused-ring (bicyclic) bond motifs is 1. The summed E-state index contributed by atoms with van der Waals surface area (Å²) >= 11 is 0. The minimum absolute atomic E-state index is 0.197. The quantitative estimate of drug-likeness (QED) is 0.790. The van der Waals surface area contributed by atoms with Crippen LogP contribution in [0.2, 0.25) is 0 Å². The number of benzene rings is 2. The first-order chi connectivity index (χ1) is 12.2. The lowest BCUT2D eigenvalue weighted by Crippen LogP contribution is -2.32. The third-order valence-electron chi connectivity index (χ3n) is 4.15. The van der Waals surface area contributed by atoms with E-state index in [1.165, 1.54) is 12.5 Å². The summed E-state index contributed by atoms with van der Waals surface area (Å²) in [5, 5.41) is 2.91. The summed E-state index contributed by atoms with van der Waals surface area (Å²) in [4.78, 5) is 16.7. The molecule has 2 aromatic carbocycles. The highest BCUT2D eigenvalue weighted by Gasteiger charge is 2.27. The average molecular weight is 338 g/mol. The Morgan fingerprint density at radius 1 is 1.16 bits per heavy atom. The van der Waals surface area contributed by atoms with Crippen LogP contribution in [0.5, 0.6) is 5.75 Å². The monoisotopic (exact) mass is 338 g/mol. The van der Waals surface area contributed by atoms with E-state index in [0.717, 1.165) is 5.56 Å². The van der Waals surface area contributed by atoms with Crippen LogP contribution < -0.4 is 10.1 Å². The molecule has 5 nitrogen and oxygen atoms in total. The van der Waals surface area contributed by atoms with Gasteiger partial charge in [-0.1, -0.05) is 42.5 Å². The van der Waals surface area contributed by atoms with Crippen molar-refractivity contribution in [3.8, 4) is 17.1 Å². The number of para-hydroxylation sites is 1. The molecule has 1 amide bonds. The molecule has 0 aliphatic carbocycles. The normalized spacial score (nSPS) is 16.0. The summed E-state index contributed by atoms with van der Waals surface area (Å²) < 4.78 is 24.7. The van der Waals surface area contributed by atoms with Crippen molar-refractivity contribution in [2.45, 2.75) is 12.5 Å². The van der Waals surface area contributed by atoms with Gasteiger partial charge in [0.2, 0.25) is 0 Å². The fourth-order valence-corrected chi connectivity index (χ4v) is 2.97. The van der Waals surface area contributed by atoms with E-state index in [-0.39, 0.29) is 23.4 Å². The molecular formula is C19H15FN2O3. The third kappa shape index (κ3) is 2.87. The van der Waals surface area contributed by atoms with Crippen molar-refractivity contribution < 1.29 is 18.3 Å². The van der Waals surface area contributed by atoms with Gasteiger partial charge in [0.25, 0.3) is 5.91 Å². The Morgan fingerprint density at radius 3 is 2.84 bits per heavy atom. The number of ether oxygens (including phenoxy) is 1. The molecule has 1 aliphatic rings. The molecular weight excluding hydrogens is 323 g/mol. The Balaban J connectivity index is 1.61. The van der Waals surface area contributed by atoms with Crippen LogP contribution in [-0.4, -0.2) is 17.5 Å². The summed E-state index contributed by atoms with van der Waals surface area (Å²) in [6, 6.07) is 13.6. The Bertz CT molecular complexity index is 908. The standard InChI is InChI=1S/C19H15FN2O3/c20-14-8-4-7-13-15(9-10-24-18(13)14)22-19(23)16-17(25-11-21-16)12-5-2-1-3-6-12/h1-8,11,15H,9-10H2,(H,22,23)/t15-/m0/s1. The van der Waals surface area contributed by atoms with Crippen molar-refractivity contribution in [3.63, 3.8) is 0 Å². The zero-order chi connectivity index (χ0) is 17.2. The third-order valence-corrected chi connectivity index (χ3v) is 4.15. The van der Waals surface area contributed by atoms with Crippen molar-refractivity contribution in [2.24, 2.45) is 0 Å². The van der Waals surface area contributed by atoms with E-state index < -0.39 is 5.82 Å². The van der Waals surface area contributed by atoms with Gasteiger partial charge in [-0.25, -0.2) is 9.37 Å². The molecule has 1 aliphatic heterocycles.